The average Bonchev–Trinajstić information content (AvgIpc) is 3.36. The number of nitrogens with zero attached hydrogens (tertiary/aromatic N) is 1. The Morgan fingerprint density at radius 2 is 1.93 bits per heavy atom. The second-order valence-corrected chi connectivity index (χ2v) is 7.98. The van der Waals surface area contributed by atoms with Gasteiger partial charge in [0, 0.05) is 6.42 Å². The fourth-order valence-electron chi connectivity index (χ4n) is 2.47. The molecule has 152 valence electrons. The summed E-state index contributed by atoms with van der Waals surface area (Å²) in [6, 6.07) is 9.75. The fraction of sp³-hybridized carbons (Fsp3) is 0.200. The van der Waals surface area contributed by atoms with Gasteiger partial charge >= 0.3 is 0 Å². The van der Waals surface area contributed by atoms with Gasteiger partial charge in [0.25, 0.3) is 0 Å². The van der Waals surface area contributed by atoms with Gasteiger partial charge in [0.05, 0.1) is 17.7 Å². The summed E-state index contributed by atoms with van der Waals surface area (Å²) in [7, 11) is -3.65. The Labute approximate surface area is 168 Å². The number of aryl methyl sites for hydroxylation is 1. The van der Waals surface area contributed by atoms with Crippen LogP contribution in [0.2, 0.25) is 0 Å². The maximum Gasteiger partial charge on any atom is 0.240 e. The van der Waals surface area contributed by atoms with Crippen molar-refractivity contribution in [3.05, 3.63) is 65.4 Å². The fourth-order valence-corrected chi connectivity index (χ4v) is 3.47. The molecule has 8 nitrogen and oxygen atoms in total. The van der Waals surface area contributed by atoms with Crippen molar-refractivity contribution >= 4 is 33.8 Å². The van der Waals surface area contributed by atoms with Crippen LogP contribution in [-0.4, -0.2) is 19.5 Å². The maximum absolute atomic E-state index is 12.4. The van der Waals surface area contributed by atoms with Gasteiger partial charge in [-0.05, 0) is 42.8 Å². The van der Waals surface area contributed by atoms with Gasteiger partial charge in [-0.25, -0.2) is 13.1 Å². The van der Waals surface area contributed by atoms with Crippen molar-refractivity contribution in [2.45, 2.75) is 31.7 Å². The zero-order valence-electron chi connectivity index (χ0n) is 16.0. The van der Waals surface area contributed by atoms with Crippen LogP contribution >= 0.6 is 0 Å². The van der Waals surface area contributed by atoms with Crippen molar-refractivity contribution in [1.82, 2.24) is 9.88 Å². The van der Waals surface area contributed by atoms with Crippen LogP contribution < -0.4 is 10.0 Å². The Hall–Kier alpha value is -3.17. The zero-order valence-corrected chi connectivity index (χ0v) is 16.8. The number of sulfonamides is 1. The molecule has 1 aromatic carbocycles. The number of carbonyl (C=O) groups is 1. The summed E-state index contributed by atoms with van der Waals surface area (Å²) in [5, 5.41) is 6.63. The third kappa shape index (κ3) is 5.21. The number of aromatic nitrogens is 1. The minimum atomic E-state index is -3.65. The Bertz CT molecular complexity index is 1100. The topological polar surface area (TPSA) is 114 Å². The minimum Gasteiger partial charge on any atom is -0.468 e. The Balaban J connectivity index is 1.70. The van der Waals surface area contributed by atoms with Crippen molar-refractivity contribution in [2.75, 3.05) is 5.32 Å². The molecule has 0 unspecified atom stereocenters. The van der Waals surface area contributed by atoms with Crippen molar-refractivity contribution in [2.24, 2.45) is 0 Å². The Kier molecular flexibility index (Phi) is 6.30. The van der Waals surface area contributed by atoms with Crippen LogP contribution in [0.15, 0.2) is 56.5 Å². The first-order chi connectivity index (χ1) is 13.9. The molecular weight excluding hydrogens is 394 g/mol. The molecule has 29 heavy (non-hydrogen) atoms. The largest absolute Gasteiger partial charge is 0.468 e. The molecule has 0 spiro atoms. The number of benzene rings is 1. The van der Waals surface area contributed by atoms with Crippen LogP contribution in [-0.2, 0) is 21.4 Å². The van der Waals surface area contributed by atoms with Gasteiger partial charge in [-0.2, -0.15) is 0 Å². The molecule has 0 bridgehead atoms. The Morgan fingerprint density at radius 3 is 2.59 bits per heavy atom. The number of hydrogen-bond acceptors (Lipinski definition) is 6. The summed E-state index contributed by atoms with van der Waals surface area (Å²) in [6.07, 6.45) is 5.25. The van der Waals surface area contributed by atoms with Crippen molar-refractivity contribution in [3.8, 4) is 0 Å². The van der Waals surface area contributed by atoms with E-state index in [-0.39, 0.29) is 17.3 Å². The van der Waals surface area contributed by atoms with Crippen LogP contribution in [0.5, 0.6) is 0 Å². The normalized spacial score (nSPS) is 11.8. The van der Waals surface area contributed by atoms with Gasteiger partial charge in [-0.3, -0.25) is 4.79 Å². The second kappa shape index (κ2) is 8.89. The molecule has 2 N–H and O–H groups in total. The van der Waals surface area contributed by atoms with Crippen molar-refractivity contribution in [1.29, 1.82) is 0 Å². The van der Waals surface area contributed by atoms with Crippen LogP contribution in [0.1, 0.15) is 36.1 Å². The number of furan rings is 1. The van der Waals surface area contributed by atoms with Gasteiger partial charge in [0.1, 0.15) is 17.1 Å². The summed E-state index contributed by atoms with van der Waals surface area (Å²) < 4.78 is 37.6. The molecule has 0 saturated heterocycles. The van der Waals surface area contributed by atoms with Gasteiger partial charge in [0.2, 0.25) is 15.9 Å². The smallest absolute Gasteiger partial charge is 0.240 e. The molecule has 1 amide bonds. The highest BCUT2D eigenvalue weighted by molar-refractivity contribution is 7.89. The van der Waals surface area contributed by atoms with Gasteiger partial charge in [0.15, 0.2) is 5.76 Å². The minimum absolute atomic E-state index is 0.0775. The third-order valence-electron chi connectivity index (χ3n) is 4.11. The SMILES string of the molecule is CCC(=O)Nc1c(C)noc1/C=C\c1ccc(S(=O)(=O)NCc2ccco2)cc1. The predicted octanol–water partition coefficient (Wildman–Crippen LogP) is 3.57. The van der Waals surface area contributed by atoms with E-state index in [0.717, 1.165) is 5.56 Å². The molecule has 0 radical (unpaired) electrons. The summed E-state index contributed by atoms with van der Waals surface area (Å²) >= 11 is 0. The maximum atomic E-state index is 12.4. The summed E-state index contributed by atoms with van der Waals surface area (Å²) in [4.78, 5) is 11.8. The lowest BCUT2D eigenvalue weighted by atomic mass is 10.2. The highest BCUT2D eigenvalue weighted by Crippen LogP contribution is 2.23. The average molecular weight is 415 g/mol. The van der Waals surface area contributed by atoms with E-state index in [0.29, 0.717) is 29.3 Å². The lowest BCUT2D eigenvalue weighted by Gasteiger charge is -2.05. The Morgan fingerprint density at radius 1 is 1.17 bits per heavy atom. The number of nitrogens with one attached hydrogen (secondary N) is 2. The first-order valence-corrected chi connectivity index (χ1v) is 10.4. The molecule has 3 rings (SSSR count). The van der Waals surface area contributed by atoms with E-state index in [1.807, 2.05) is 0 Å². The number of anilines is 1. The van der Waals surface area contributed by atoms with Gasteiger partial charge < -0.3 is 14.3 Å². The monoisotopic (exact) mass is 415 g/mol. The molecule has 0 saturated carbocycles. The number of rotatable bonds is 8. The van der Waals surface area contributed by atoms with E-state index in [1.54, 1.807) is 50.3 Å². The molecular formula is C20H21N3O5S. The predicted molar refractivity (Wildman–Crippen MR) is 108 cm³/mol. The molecule has 0 fully saturated rings. The molecule has 2 heterocycles. The van der Waals surface area contributed by atoms with Crippen molar-refractivity contribution < 1.29 is 22.2 Å². The number of hydrogen-bond donors (Lipinski definition) is 2. The van der Waals surface area contributed by atoms with E-state index in [9.17, 15) is 13.2 Å². The molecule has 0 aliphatic rings. The van der Waals surface area contributed by atoms with Gasteiger partial charge in [-0.15, -0.1) is 0 Å². The third-order valence-corrected chi connectivity index (χ3v) is 5.53. The highest BCUT2D eigenvalue weighted by atomic mass is 32.2. The summed E-state index contributed by atoms with van der Waals surface area (Å²) in [5.41, 5.74) is 1.86. The molecule has 0 atom stereocenters. The molecule has 0 aliphatic carbocycles. The second-order valence-electron chi connectivity index (χ2n) is 6.22. The quantitative estimate of drug-likeness (QED) is 0.581. The van der Waals surface area contributed by atoms with Crippen LogP contribution in [0.4, 0.5) is 5.69 Å². The first kappa shape index (κ1) is 20.6. The number of amides is 1. The molecule has 2 aromatic heterocycles. The first-order valence-electron chi connectivity index (χ1n) is 8.95. The lowest BCUT2D eigenvalue weighted by molar-refractivity contribution is -0.115. The van der Waals surface area contributed by atoms with E-state index >= 15 is 0 Å². The van der Waals surface area contributed by atoms with E-state index in [1.165, 1.54) is 18.4 Å². The zero-order chi connectivity index (χ0) is 20.9. The molecule has 3 aromatic rings. The summed E-state index contributed by atoms with van der Waals surface area (Å²) in [5.74, 6) is 0.810. The van der Waals surface area contributed by atoms with Crippen molar-refractivity contribution in [3.63, 3.8) is 0 Å². The lowest BCUT2D eigenvalue weighted by Crippen LogP contribution is -2.22. The van der Waals surface area contributed by atoms with Gasteiger partial charge in [-0.1, -0.05) is 30.3 Å². The van der Waals surface area contributed by atoms with Crippen LogP contribution in [0, 0.1) is 6.92 Å². The molecule has 9 heteroatoms. The summed E-state index contributed by atoms with van der Waals surface area (Å²) in [6.45, 7) is 3.57. The van der Waals surface area contributed by atoms with Crippen LogP contribution in [0.3, 0.4) is 0 Å². The highest BCUT2D eigenvalue weighted by Gasteiger charge is 2.15. The molecule has 0 aliphatic heterocycles. The standard InChI is InChI=1S/C20H21N3O5S/c1-3-19(24)22-20-14(2)23-28-18(20)11-8-15-6-9-17(10-7-15)29(25,26)21-13-16-5-4-12-27-16/h4-12,21H,3,13H2,1-2H3,(H,22,24)/b11-8-. The van der Waals surface area contributed by atoms with Crippen LogP contribution in [0.25, 0.3) is 12.2 Å². The van der Waals surface area contributed by atoms with E-state index in [2.05, 4.69) is 15.2 Å². The van der Waals surface area contributed by atoms with E-state index < -0.39 is 10.0 Å². The van der Waals surface area contributed by atoms with E-state index in [4.69, 9.17) is 8.94 Å². The number of carbonyl (C=O) groups excluding carboxylic acids is 1.